The Hall–Kier alpha value is -4.53. The third-order valence-corrected chi connectivity index (χ3v) is 5.14. The first kappa shape index (κ1) is 26.1. The van der Waals surface area contributed by atoms with E-state index in [2.05, 4.69) is 10.6 Å². The number of esters is 1. The summed E-state index contributed by atoms with van der Waals surface area (Å²) in [4.78, 5) is 36.9. The number of aryl methyl sites for hydroxylation is 1. The van der Waals surface area contributed by atoms with Gasteiger partial charge in [0, 0.05) is 11.4 Å². The minimum absolute atomic E-state index is 0.170. The summed E-state index contributed by atoms with van der Waals surface area (Å²) in [5.74, 6) is -0.331. The maximum absolute atomic E-state index is 12.4. The summed E-state index contributed by atoms with van der Waals surface area (Å²) in [5.41, 5.74) is 2.43. The standard InChI is InChI=1S/C27H28N2O7/c1-4-18-7-5-6-8-22(18)29-26(31)17-36-27(32)19-9-14-23(24(15-19)34-3)35-16-25(30)28-20-10-12-21(33-2)13-11-20/h5-15H,4,16-17H2,1-3H3,(H,28,30)(H,29,31). The molecular weight excluding hydrogens is 464 g/mol. The smallest absolute Gasteiger partial charge is 0.338 e. The van der Waals surface area contributed by atoms with Gasteiger partial charge in [0.2, 0.25) is 0 Å². The molecule has 9 heteroatoms. The van der Waals surface area contributed by atoms with Crippen LogP contribution in [-0.2, 0) is 20.7 Å². The van der Waals surface area contributed by atoms with Crippen molar-refractivity contribution in [2.24, 2.45) is 0 Å². The summed E-state index contributed by atoms with van der Waals surface area (Å²) < 4.78 is 21.1. The van der Waals surface area contributed by atoms with Gasteiger partial charge in [-0.3, -0.25) is 9.59 Å². The molecule has 0 atom stereocenters. The Kier molecular flexibility index (Phi) is 9.27. The number of methoxy groups -OCH3 is 2. The monoisotopic (exact) mass is 492 g/mol. The van der Waals surface area contributed by atoms with E-state index in [1.165, 1.54) is 25.3 Å². The van der Waals surface area contributed by atoms with Crippen molar-refractivity contribution < 1.29 is 33.3 Å². The van der Waals surface area contributed by atoms with E-state index in [0.717, 1.165) is 12.0 Å². The number of nitrogens with one attached hydrogen (secondary N) is 2. The summed E-state index contributed by atoms with van der Waals surface area (Å²) in [6.07, 6.45) is 0.758. The highest BCUT2D eigenvalue weighted by atomic mass is 16.5. The molecule has 0 heterocycles. The van der Waals surface area contributed by atoms with Crippen LogP contribution >= 0.6 is 0 Å². The van der Waals surface area contributed by atoms with Gasteiger partial charge >= 0.3 is 5.97 Å². The summed E-state index contributed by atoms with van der Waals surface area (Å²) in [6.45, 7) is 1.27. The topological polar surface area (TPSA) is 112 Å². The van der Waals surface area contributed by atoms with E-state index >= 15 is 0 Å². The number of ether oxygens (including phenoxy) is 4. The molecule has 0 saturated carbocycles. The van der Waals surface area contributed by atoms with Gasteiger partial charge in [0.15, 0.2) is 24.7 Å². The van der Waals surface area contributed by atoms with Gasteiger partial charge in [-0.2, -0.15) is 0 Å². The van der Waals surface area contributed by atoms with Crippen LogP contribution < -0.4 is 24.8 Å². The Morgan fingerprint density at radius 1 is 0.778 bits per heavy atom. The van der Waals surface area contributed by atoms with Crippen molar-refractivity contribution in [1.82, 2.24) is 0 Å². The molecule has 0 radical (unpaired) electrons. The molecular formula is C27H28N2O7. The molecule has 0 aliphatic heterocycles. The number of carbonyl (C=O) groups is 3. The molecule has 36 heavy (non-hydrogen) atoms. The number of hydrogen-bond donors (Lipinski definition) is 2. The summed E-state index contributed by atoms with van der Waals surface area (Å²) >= 11 is 0. The van der Waals surface area contributed by atoms with Crippen molar-refractivity contribution in [3.8, 4) is 17.2 Å². The Morgan fingerprint density at radius 3 is 2.19 bits per heavy atom. The highest BCUT2D eigenvalue weighted by Crippen LogP contribution is 2.28. The Balaban J connectivity index is 1.53. The molecule has 2 N–H and O–H groups in total. The molecule has 2 amide bonds. The van der Waals surface area contributed by atoms with Crippen molar-refractivity contribution in [3.05, 3.63) is 77.9 Å². The first-order chi connectivity index (χ1) is 17.4. The molecule has 0 unspecified atom stereocenters. The average Bonchev–Trinajstić information content (AvgIpc) is 2.91. The van der Waals surface area contributed by atoms with E-state index in [9.17, 15) is 14.4 Å². The van der Waals surface area contributed by atoms with Gasteiger partial charge in [0.05, 0.1) is 19.8 Å². The molecule has 3 rings (SSSR count). The number of rotatable bonds is 11. The van der Waals surface area contributed by atoms with Gasteiger partial charge in [0.1, 0.15) is 5.75 Å². The van der Waals surface area contributed by atoms with E-state index in [0.29, 0.717) is 17.1 Å². The molecule has 0 saturated heterocycles. The van der Waals surface area contributed by atoms with Crippen LogP contribution in [0.3, 0.4) is 0 Å². The van der Waals surface area contributed by atoms with E-state index in [1.807, 2.05) is 25.1 Å². The highest BCUT2D eigenvalue weighted by Gasteiger charge is 2.15. The summed E-state index contributed by atoms with van der Waals surface area (Å²) in [6, 6.07) is 18.7. The van der Waals surface area contributed by atoms with Crippen LogP contribution in [0.25, 0.3) is 0 Å². The zero-order valence-corrected chi connectivity index (χ0v) is 20.3. The quantitative estimate of drug-likeness (QED) is 0.388. The number of carbonyl (C=O) groups excluding carboxylic acids is 3. The molecule has 3 aromatic carbocycles. The Morgan fingerprint density at radius 2 is 1.50 bits per heavy atom. The van der Waals surface area contributed by atoms with Crippen LogP contribution in [0.5, 0.6) is 17.2 Å². The fourth-order valence-corrected chi connectivity index (χ4v) is 3.28. The molecule has 0 aliphatic rings. The lowest BCUT2D eigenvalue weighted by Gasteiger charge is -2.13. The minimum atomic E-state index is -0.698. The molecule has 0 fully saturated rings. The summed E-state index contributed by atoms with van der Waals surface area (Å²) in [5, 5.41) is 5.46. The maximum atomic E-state index is 12.4. The Labute approximate surface area is 209 Å². The fourth-order valence-electron chi connectivity index (χ4n) is 3.28. The second kappa shape index (κ2) is 12.8. The van der Waals surface area contributed by atoms with E-state index in [1.54, 1.807) is 37.4 Å². The first-order valence-corrected chi connectivity index (χ1v) is 11.2. The zero-order chi connectivity index (χ0) is 25.9. The minimum Gasteiger partial charge on any atom is -0.497 e. The van der Waals surface area contributed by atoms with Crippen molar-refractivity contribution in [3.63, 3.8) is 0 Å². The average molecular weight is 493 g/mol. The number of benzene rings is 3. The normalized spacial score (nSPS) is 10.2. The lowest BCUT2D eigenvalue weighted by Crippen LogP contribution is -2.21. The second-order valence-electron chi connectivity index (χ2n) is 7.57. The SMILES string of the molecule is CCc1ccccc1NC(=O)COC(=O)c1ccc(OCC(=O)Nc2ccc(OC)cc2)c(OC)c1. The summed E-state index contributed by atoms with van der Waals surface area (Å²) in [7, 11) is 2.97. The van der Waals surface area contributed by atoms with Crippen LogP contribution in [0.1, 0.15) is 22.8 Å². The van der Waals surface area contributed by atoms with Gasteiger partial charge in [0.25, 0.3) is 11.8 Å². The number of anilines is 2. The predicted molar refractivity (Wildman–Crippen MR) is 135 cm³/mol. The van der Waals surface area contributed by atoms with Crippen molar-refractivity contribution >= 4 is 29.2 Å². The van der Waals surface area contributed by atoms with Gasteiger partial charge in [-0.15, -0.1) is 0 Å². The zero-order valence-electron chi connectivity index (χ0n) is 20.3. The third kappa shape index (κ3) is 7.23. The Bertz CT molecular complexity index is 1210. The number of amides is 2. The van der Waals surface area contributed by atoms with Crippen molar-refractivity contribution in [2.45, 2.75) is 13.3 Å². The molecule has 0 spiro atoms. The number of para-hydroxylation sites is 1. The van der Waals surface area contributed by atoms with Gasteiger partial charge in [-0.05, 0) is 60.5 Å². The van der Waals surface area contributed by atoms with Crippen LogP contribution in [0, 0.1) is 0 Å². The van der Waals surface area contributed by atoms with Gasteiger partial charge in [-0.1, -0.05) is 25.1 Å². The van der Waals surface area contributed by atoms with Crippen molar-refractivity contribution in [1.29, 1.82) is 0 Å². The van der Waals surface area contributed by atoms with Crippen LogP contribution in [-0.4, -0.2) is 45.2 Å². The predicted octanol–water partition coefficient (Wildman–Crippen LogP) is 4.08. The largest absolute Gasteiger partial charge is 0.497 e. The van der Waals surface area contributed by atoms with Crippen molar-refractivity contribution in [2.75, 3.05) is 38.1 Å². The van der Waals surface area contributed by atoms with E-state index in [4.69, 9.17) is 18.9 Å². The molecule has 0 aliphatic carbocycles. The lowest BCUT2D eigenvalue weighted by molar-refractivity contribution is -0.119. The lowest BCUT2D eigenvalue weighted by atomic mass is 10.1. The van der Waals surface area contributed by atoms with Gasteiger partial charge in [-0.25, -0.2) is 4.79 Å². The van der Waals surface area contributed by atoms with E-state index in [-0.39, 0.29) is 29.6 Å². The van der Waals surface area contributed by atoms with Crippen LogP contribution in [0.15, 0.2) is 66.7 Å². The molecule has 3 aromatic rings. The molecule has 9 nitrogen and oxygen atoms in total. The van der Waals surface area contributed by atoms with Crippen LogP contribution in [0.2, 0.25) is 0 Å². The molecule has 188 valence electrons. The number of hydrogen-bond acceptors (Lipinski definition) is 7. The van der Waals surface area contributed by atoms with E-state index < -0.39 is 18.5 Å². The fraction of sp³-hybridized carbons (Fsp3) is 0.222. The van der Waals surface area contributed by atoms with Crippen LogP contribution in [0.4, 0.5) is 11.4 Å². The first-order valence-electron chi connectivity index (χ1n) is 11.2. The highest BCUT2D eigenvalue weighted by molar-refractivity contribution is 5.96. The third-order valence-electron chi connectivity index (χ3n) is 5.14. The molecule has 0 aromatic heterocycles. The maximum Gasteiger partial charge on any atom is 0.338 e. The molecule has 0 bridgehead atoms. The van der Waals surface area contributed by atoms with Gasteiger partial charge < -0.3 is 29.6 Å². The second-order valence-corrected chi connectivity index (χ2v) is 7.57.